The van der Waals surface area contributed by atoms with Crippen LogP contribution in [0.5, 0.6) is 11.5 Å². The lowest BCUT2D eigenvalue weighted by Crippen LogP contribution is -2.12. The molecule has 4 nitrogen and oxygen atoms in total. The van der Waals surface area contributed by atoms with Crippen LogP contribution in [0, 0.1) is 0 Å². The van der Waals surface area contributed by atoms with E-state index in [1.807, 2.05) is 13.0 Å². The van der Waals surface area contributed by atoms with Crippen molar-refractivity contribution in [2.45, 2.75) is 25.8 Å². The van der Waals surface area contributed by atoms with Crippen LogP contribution in [0.4, 0.5) is 0 Å². The van der Waals surface area contributed by atoms with Gasteiger partial charge in [-0.05, 0) is 59.9 Å². The summed E-state index contributed by atoms with van der Waals surface area (Å²) in [6, 6.07) is 3.51. The van der Waals surface area contributed by atoms with Crippen LogP contribution in [0.3, 0.4) is 0 Å². The first kappa shape index (κ1) is 17.5. The zero-order valence-electron chi connectivity index (χ0n) is 10.4. The van der Waals surface area contributed by atoms with Gasteiger partial charge in [0.05, 0.1) is 11.1 Å². The van der Waals surface area contributed by atoms with Crippen LogP contribution < -0.4 is 16.2 Å². The lowest BCUT2D eigenvalue weighted by molar-refractivity contribution is 0.316. The number of hydrogen-bond donors (Lipinski definition) is 3. The van der Waals surface area contributed by atoms with Gasteiger partial charge in [-0.3, -0.25) is 0 Å². The number of rotatable bonds is 6. The van der Waals surface area contributed by atoms with Crippen LogP contribution in [0.1, 0.15) is 31.4 Å². The van der Waals surface area contributed by atoms with E-state index in [9.17, 15) is 5.11 Å². The number of ether oxygens (including phenoxy) is 1. The summed E-state index contributed by atoms with van der Waals surface area (Å²) in [7, 11) is 0. The van der Waals surface area contributed by atoms with Crippen molar-refractivity contribution in [2.24, 2.45) is 11.5 Å². The Labute approximate surface area is 122 Å². The molecule has 1 aromatic rings. The van der Waals surface area contributed by atoms with Crippen molar-refractivity contribution in [2.75, 3.05) is 13.2 Å². The third-order valence-corrected chi connectivity index (χ3v) is 3.10. The molecule has 0 saturated carbocycles. The molecule has 1 rings (SSSR count). The van der Waals surface area contributed by atoms with Crippen LogP contribution in [0.15, 0.2) is 16.6 Å². The van der Waals surface area contributed by atoms with Gasteiger partial charge in [-0.15, -0.1) is 12.4 Å². The van der Waals surface area contributed by atoms with E-state index in [4.69, 9.17) is 16.2 Å². The highest BCUT2D eigenvalue weighted by molar-refractivity contribution is 9.10. The van der Waals surface area contributed by atoms with Crippen molar-refractivity contribution >= 4 is 28.3 Å². The van der Waals surface area contributed by atoms with Crippen LogP contribution in [0.25, 0.3) is 0 Å². The van der Waals surface area contributed by atoms with Crippen LogP contribution in [0.2, 0.25) is 0 Å². The van der Waals surface area contributed by atoms with E-state index < -0.39 is 0 Å². The van der Waals surface area contributed by atoms with Gasteiger partial charge >= 0.3 is 0 Å². The van der Waals surface area contributed by atoms with Gasteiger partial charge in [0, 0.05) is 6.04 Å². The van der Waals surface area contributed by atoms with Gasteiger partial charge in [0.25, 0.3) is 0 Å². The summed E-state index contributed by atoms with van der Waals surface area (Å²) in [5.41, 5.74) is 12.4. The summed E-state index contributed by atoms with van der Waals surface area (Å²) in [5.74, 6) is 0.571. The maximum atomic E-state index is 9.78. The Kier molecular flexibility index (Phi) is 8.35. The highest BCUT2D eigenvalue weighted by atomic mass is 79.9. The Morgan fingerprint density at radius 2 is 2.11 bits per heavy atom. The van der Waals surface area contributed by atoms with Crippen LogP contribution in [-0.2, 0) is 0 Å². The Balaban J connectivity index is 0.00000289. The van der Waals surface area contributed by atoms with E-state index in [0.29, 0.717) is 23.4 Å². The van der Waals surface area contributed by atoms with E-state index in [1.54, 1.807) is 6.07 Å². The van der Waals surface area contributed by atoms with E-state index in [1.165, 1.54) is 0 Å². The molecule has 1 atom stereocenters. The second kappa shape index (κ2) is 8.58. The summed E-state index contributed by atoms with van der Waals surface area (Å²) >= 11 is 3.29. The molecule has 6 heteroatoms. The Morgan fingerprint density at radius 1 is 1.44 bits per heavy atom. The number of halogens is 2. The summed E-state index contributed by atoms with van der Waals surface area (Å²) in [4.78, 5) is 0. The van der Waals surface area contributed by atoms with Gasteiger partial charge in [-0.25, -0.2) is 0 Å². The average molecular weight is 340 g/mol. The zero-order valence-corrected chi connectivity index (χ0v) is 12.8. The number of phenols is 1. The molecule has 1 aromatic carbocycles. The highest BCUT2D eigenvalue weighted by Gasteiger charge is 2.13. The van der Waals surface area contributed by atoms with Crippen molar-refractivity contribution in [1.29, 1.82) is 0 Å². The summed E-state index contributed by atoms with van der Waals surface area (Å²) in [6.45, 7) is 3.00. The molecule has 0 heterocycles. The molecule has 104 valence electrons. The molecule has 0 bridgehead atoms. The smallest absolute Gasteiger partial charge is 0.172 e. The van der Waals surface area contributed by atoms with Gasteiger partial charge in [0.15, 0.2) is 11.5 Å². The van der Waals surface area contributed by atoms with E-state index >= 15 is 0 Å². The third-order valence-electron chi connectivity index (χ3n) is 2.50. The number of benzene rings is 1. The first-order valence-corrected chi connectivity index (χ1v) is 6.50. The number of phenolic OH excluding ortho intramolecular Hbond substituents is 1. The predicted octanol–water partition coefficient (Wildman–Crippen LogP) is 2.71. The summed E-state index contributed by atoms with van der Waals surface area (Å²) in [6.07, 6.45) is 1.70. The van der Waals surface area contributed by atoms with Gasteiger partial charge < -0.3 is 21.3 Å². The summed E-state index contributed by atoms with van der Waals surface area (Å²) in [5, 5.41) is 9.78. The third kappa shape index (κ3) is 4.65. The lowest BCUT2D eigenvalue weighted by Gasteiger charge is -2.15. The van der Waals surface area contributed by atoms with E-state index in [0.717, 1.165) is 18.4 Å². The van der Waals surface area contributed by atoms with Crippen molar-refractivity contribution in [3.05, 3.63) is 22.2 Å². The Hall–Kier alpha value is -0.490. The molecule has 0 saturated heterocycles. The molecule has 5 N–H and O–H groups in total. The Morgan fingerprint density at radius 3 is 2.67 bits per heavy atom. The SMILES string of the molecule is CCOc1cc([C@H](N)CCCN)cc(Br)c1O.Cl. The fraction of sp³-hybridized carbons (Fsp3) is 0.500. The molecule has 18 heavy (non-hydrogen) atoms. The lowest BCUT2D eigenvalue weighted by atomic mass is 10.0. The topological polar surface area (TPSA) is 81.5 Å². The van der Waals surface area contributed by atoms with E-state index in [2.05, 4.69) is 15.9 Å². The quantitative estimate of drug-likeness (QED) is 0.744. The molecule has 0 aromatic heterocycles. The molecule has 0 amide bonds. The molecule has 0 aliphatic carbocycles. The van der Waals surface area contributed by atoms with Crippen molar-refractivity contribution in [3.8, 4) is 11.5 Å². The number of nitrogens with two attached hydrogens (primary N) is 2. The predicted molar refractivity (Wildman–Crippen MR) is 79.4 cm³/mol. The fourth-order valence-corrected chi connectivity index (χ4v) is 2.04. The molecule has 0 unspecified atom stereocenters. The summed E-state index contributed by atoms with van der Waals surface area (Å²) < 4.78 is 5.95. The Bertz CT molecular complexity index is 377. The normalized spacial score (nSPS) is 11.8. The standard InChI is InChI=1S/C12H19BrN2O2.ClH/c1-2-17-11-7-8(6-9(13)12(11)16)10(15)4-3-5-14;/h6-7,10,16H,2-5,14-15H2,1H3;1H/t10-;/m1./s1. The maximum absolute atomic E-state index is 9.78. The van der Waals surface area contributed by atoms with Gasteiger partial charge in [-0.1, -0.05) is 0 Å². The van der Waals surface area contributed by atoms with E-state index in [-0.39, 0.29) is 24.2 Å². The minimum Gasteiger partial charge on any atom is -0.503 e. The van der Waals surface area contributed by atoms with Gasteiger partial charge in [-0.2, -0.15) is 0 Å². The van der Waals surface area contributed by atoms with Crippen molar-refractivity contribution < 1.29 is 9.84 Å². The van der Waals surface area contributed by atoms with Gasteiger partial charge in [0.2, 0.25) is 0 Å². The minimum atomic E-state index is -0.0883. The minimum absolute atomic E-state index is 0. The monoisotopic (exact) mass is 338 g/mol. The number of hydrogen-bond acceptors (Lipinski definition) is 4. The molecule has 0 fully saturated rings. The van der Waals surface area contributed by atoms with Crippen LogP contribution in [-0.4, -0.2) is 18.3 Å². The molecule has 0 aliphatic heterocycles. The highest BCUT2D eigenvalue weighted by Crippen LogP contribution is 2.37. The largest absolute Gasteiger partial charge is 0.503 e. The maximum Gasteiger partial charge on any atom is 0.172 e. The molecular formula is C12H20BrClN2O2. The molecule has 0 radical (unpaired) electrons. The fourth-order valence-electron chi connectivity index (χ4n) is 1.58. The van der Waals surface area contributed by atoms with Gasteiger partial charge in [0.1, 0.15) is 0 Å². The zero-order chi connectivity index (χ0) is 12.8. The molecular weight excluding hydrogens is 320 g/mol. The number of aromatic hydroxyl groups is 1. The van der Waals surface area contributed by atoms with Crippen molar-refractivity contribution in [1.82, 2.24) is 0 Å². The molecule has 0 spiro atoms. The first-order chi connectivity index (χ1) is 8.10. The average Bonchev–Trinajstić information content (AvgIpc) is 2.31. The van der Waals surface area contributed by atoms with Crippen LogP contribution >= 0.6 is 28.3 Å². The molecule has 0 aliphatic rings. The van der Waals surface area contributed by atoms with Crippen molar-refractivity contribution in [3.63, 3.8) is 0 Å². The second-order valence-electron chi connectivity index (χ2n) is 3.82. The second-order valence-corrected chi connectivity index (χ2v) is 4.67. The first-order valence-electron chi connectivity index (χ1n) is 5.71.